The van der Waals surface area contributed by atoms with Gasteiger partial charge in [-0.25, -0.2) is 0 Å². The molecule has 0 bridgehead atoms. The number of nitrogens with zero attached hydrogens (tertiary/aromatic N) is 1. The van der Waals surface area contributed by atoms with E-state index in [1.54, 1.807) is 6.26 Å². The zero-order valence-electron chi connectivity index (χ0n) is 8.58. The van der Waals surface area contributed by atoms with Crippen molar-refractivity contribution in [3.05, 3.63) is 0 Å². The maximum Gasteiger partial charge on any atom is 0.0357 e. The van der Waals surface area contributed by atoms with Crippen LogP contribution in [0.3, 0.4) is 0 Å². The van der Waals surface area contributed by atoms with E-state index in [1.807, 2.05) is 0 Å². The van der Waals surface area contributed by atoms with Crippen LogP contribution in [-0.2, 0) is 10.8 Å². The fraction of sp³-hybridized carbons (Fsp3) is 1.00. The minimum Gasteiger partial charge on any atom is -0.313 e. The predicted octanol–water partition coefficient (Wildman–Crippen LogP) is 0.0487. The maximum absolute atomic E-state index is 10.8. The van der Waals surface area contributed by atoms with Crippen molar-refractivity contribution in [3.63, 3.8) is 0 Å². The molecule has 3 nitrogen and oxygen atoms in total. The van der Waals surface area contributed by atoms with Gasteiger partial charge in [-0.15, -0.1) is 0 Å². The van der Waals surface area contributed by atoms with Crippen LogP contribution in [-0.4, -0.2) is 53.8 Å². The zero-order valence-corrected chi connectivity index (χ0v) is 9.40. The van der Waals surface area contributed by atoms with Gasteiger partial charge in [0.15, 0.2) is 0 Å². The van der Waals surface area contributed by atoms with E-state index >= 15 is 0 Å². The van der Waals surface area contributed by atoms with Gasteiger partial charge in [-0.05, 0) is 33.0 Å². The summed E-state index contributed by atoms with van der Waals surface area (Å²) < 4.78 is 10.8. The molecule has 4 heteroatoms. The molecule has 1 aliphatic heterocycles. The van der Waals surface area contributed by atoms with Crippen molar-refractivity contribution in [2.75, 3.05) is 38.7 Å². The van der Waals surface area contributed by atoms with Gasteiger partial charge in [-0.1, -0.05) is 0 Å². The molecule has 1 fully saturated rings. The third kappa shape index (κ3) is 4.74. The first kappa shape index (κ1) is 11.1. The Kier molecular flexibility index (Phi) is 4.91. The highest BCUT2D eigenvalue weighted by Gasteiger charge is 2.15. The molecule has 0 aromatic carbocycles. The fourth-order valence-corrected chi connectivity index (χ4v) is 2.02. The Balaban J connectivity index is 2.05. The predicted molar refractivity (Wildman–Crippen MR) is 57.5 cm³/mol. The molecule has 0 aliphatic carbocycles. The highest BCUT2D eigenvalue weighted by molar-refractivity contribution is 7.84. The molecule has 0 spiro atoms. The van der Waals surface area contributed by atoms with E-state index in [1.165, 1.54) is 25.9 Å². The van der Waals surface area contributed by atoms with Crippen molar-refractivity contribution in [1.29, 1.82) is 0 Å². The summed E-state index contributed by atoms with van der Waals surface area (Å²) >= 11 is 0. The van der Waals surface area contributed by atoms with Crippen LogP contribution in [0.5, 0.6) is 0 Å². The van der Waals surface area contributed by atoms with Gasteiger partial charge in [0, 0.05) is 35.4 Å². The first-order chi connectivity index (χ1) is 6.18. The van der Waals surface area contributed by atoms with E-state index in [9.17, 15) is 4.21 Å². The summed E-state index contributed by atoms with van der Waals surface area (Å²) in [7, 11) is 1.51. The summed E-state index contributed by atoms with van der Waals surface area (Å²) in [6, 6.07) is 0.653. The van der Waals surface area contributed by atoms with Gasteiger partial charge in [0.2, 0.25) is 0 Å². The zero-order chi connectivity index (χ0) is 9.68. The Bertz CT molecular complexity index is 167. The molecular weight excluding hydrogens is 184 g/mol. The van der Waals surface area contributed by atoms with E-state index in [4.69, 9.17) is 0 Å². The Hall–Kier alpha value is 0.0700. The standard InChI is InChI=1S/C9H20N2OS/c1-11-6-3-9(4-7-11)10-5-8-13(2)12/h9-10H,3-8H2,1-2H3. The second-order valence-electron chi connectivity index (χ2n) is 3.81. The molecule has 0 saturated carbocycles. The molecule has 1 unspecified atom stereocenters. The number of rotatable bonds is 4. The Morgan fingerprint density at radius 2 is 2.08 bits per heavy atom. The Labute approximate surface area is 83.3 Å². The summed E-state index contributed by atoms with van der Waals surface area (Å²) in [6.07, 6.45) is 4.22. The van der Waals surface area contributed by atoms with Crippen LogP contribution in [0.25, 0.3) is 0 Å². The minimum absolute atomic E-state index is 0.650. The Morgan fingerprint density at radius 1 is 1.46 bits per heavy atom. The number of likely N-dealkylation sites (tertiary alicyclic amines) is 1. The third-order valence-corrected chi connectivity index (χ3v) is 3.32. The molecule has 78 valence electrons. The van der Waals surface area contributed by atoms with Crippen molar-refractivity contribution in [2.45, 2.75) is 18.9 Å². The molecule has 0 radical (unpaired) electrons. The lowest BCUT2D eigenvalue weighted by atomic mass is 10.1. The number of hydrogen-bond donors (Lipinski definition) is 1. The number of piperidine rings is 1. The molecule has 0 amide bonds. The molecule has 1 saturated heterocycles. The Morgan fingerprint density at radius 3 is 2.62 bits per heavy atom. The van der Waals surface area contributed by atoms with Crippen LogP contribution in [0.4, 0.5) is 0 Å². The average molecular weight is 204 g/mol. The molecular formula is C9H20N2OS. The highest BCUT2D eigenvalue weighted by atomic mass is 32.2. The van der Waals surface area contributed by atoms with Crippen LogP contribution < -0.4 is 5.32 Å². The third-order valence-electron chi connectivity index (χ3n) is 2.54. The molecule has 1 N–H and O–H groups in total. The van der Waals surface area contributed by atoms with Crippen molar-refractivity contribution in [3.8, 4) is 0 Å². The maximum atomic E-state index is 10.8. The minimum atomic E-state index is -0.650. The van der Waals surface area contributed by atoms with Crippen molar-refractivity contribution in [2.24, 2.45) is 0 Å². The molecule has 0 aromatic rings. The van der Waals surface area contributed by atoms with Crippen LogP contribution in [0.15, 0.2) is 0 Å². The van der Waals surface area contributed by atoms with Gasteiger partial charge in [-0.3, -0.25) is 4.21 Å². The van der Waals surface area contributed by atoms with Gasteiger partial charge in [0.05, 0.1) is 0 Å². The van der Waals surface area contributed by atoms with E-state index in [0.717, 1.165) is 12.3 Å². The smallest absolute Gasteiger partial charge is 0.0357 e. The van der Waals surface area contributed by atoms with E-state index in [-0.39, 0.29) is 0 Å². The lowest BCUT2D eigenvalue weighted by Gasteiger charge is -2.29. The lowest BCUT2D eigenvalue weighted by Crippen LogP contribution is -2.41. The van der Waals surface area contributed by atoms with Gasteiger partial charge in [0.1, 0.15) is 0 Å². The van der Waals surface area contributed by atoms with Crippen molar-refractivity contribution >= 4 is 10.8 Å². The van der Waals surface area contributed by atoms with Crippen LogP contribution in [0.2, 0.25) is 0 Å². The first-order valence-corrected chi connectivity index (χ1v) is 6.63. The van der Waals surface area contributed by atoms with Gasteiger partial charge < -0.3 is 10.2 Å². The van der Waals surface area contributed by atoms with Crippen molar-refractivity contribution < 1.29 is 4.21 Å². The molecule has 1 aliphatic rings. The summed E-state index contributed by atoms with van der Waals surface area (Å²) in [5.74, 6) is 0.784. The second-order valence-corrected chi connectivity index (χ2v) is 5.36. The summed E-state index contributed by atoms with van der Waals surface area (Å²) in [5.41, 5.74) is 0. The topological polar surface area (TPSA) is 32.3 Å². The van der Waals surface area contributed by atoms with Crippen LogP contribution in [0, 0.1) is 0 Å². The highest BCUT2D eigenvalue weighted by Crippen LogP contribution is 2.07. The summed E-state index contributed by atoms with van der Waals surface area (Å²) in [4.78, 5) is 2.36. The fourth-order valence-electron chi connectivity index (χ4n) is 1.62. The quantitative estimate of drug-likeness (QED) is 0.702. The molecule has 13 heavy (non-hydrogen) atoms. The average Bonchev–Trinajstić information content (AvgIpc) is 2.08. The number of nitrogens with one attached hydrogen (secondary N) is 1. The summed E-state index contributed by atoms with van der Waals surface area (Å²) in [5, 5.41) is 3.45. The second kappa shape index (κ2) is 5.73. The lowest BCUT2D eigenvalue weighted by molar-refractivity contribution is 0.236. The number of hydrogen-bond acceptors (Lipinski definition) is 3. The van der Waals surface area contributed by atoms with Crippen LogP contribution >= 0.6 is 0 Å². The molecule has 1 heterocycles. The molecule has 1 rings (SSSR count). The van der Waals surface area contributed by atoms with Gasteiger partial charge in [0.25, 0.3) is 0 Å². The monoisotopic (exact) mass is 204 g/mol. The SMILES string of the molecule is CN1CCC(NCCS(C)=O)CC1. The largest absolute Gasteiger partial charge is 0.313 e. The van der Waals surface area contributed by atoms with Gasteiger partial charge >= 0.3 is 0 Å². The first-order valence-electron chi connectivity index (χ1n) is 4.90. The molecule has 1 atom stereocenters. The normalized spacial score (nSPS) is 23.2. The van der Waals surface area contributed by atoms with Crippen LogP contribution in [0.1, 0.15) is 12.8 Å². The van der Waals surface area contributed by atoms with E-state index in [2.05, 4.69) is 17.3 Å². The summed E-state index contributed by atoms with van der Waals surface area (Å²) in [6.45, 7) is 3.28. The van der Waals surface area contributed by atoms with Gasteiger partial charge in [-0.2, -0.15) is 0 Å². The van der Waals surface area contributed by atoms with Crippen molar-refractivity contribution in [1.82, 2.24) is 10.2 Å². The van der Waals surface area contributed by atoms with E-state index in [0.29, 0.717) is 6.04 Å². The van der Waals surface area contributed by atoms with E-state index < -0.39 is 10.8 Å². The molecule has 0 aromatic heterocycles.